The summed E-state index contributed by atoms with van der Waals surface area (Å²) in [7, 11) is 0. The molecule has 0 radical (unpaired) electrons. The van der Waals surface area contributed by atoms with Crippen LogP contribution in [0, 0.1) is 5.82 Å². The number of hydrogen-bond acceptors (Lipinski definition) is 6. The zero-order chi connectivity index (χ0) is 23.1. The Morgan fingerprint density at radius 1 is 1.25 bits per heavy atom. The molecule has 1 aliphatic rings. The highest BCUT2D eigenvalue weighted by Gasteiger charge is 2.38. The normalized spacial score (nSPS) is 16.8. The van der Waals surface area contributed by atoms with E-state index in [0.717, 1.165) is 11.8 Å². The molecule has 3 rings (SSSR count). The zero-order valence-corrected chi connectivity index (χ0v) is 18.2. The number of anilines is 1. The highest BCUT2D eigenvalue weighted by molar-refractivity contribution is 8.15. The van der Waals surface area contributed by atoms with E-state index < -0.39 is 17.0 Å². The monoisotopic (exact) mass is 455 g/mol. The number of esters is 1. The van der Waals surface area contributed by atoms with E-state index in [0.29, 0.717) is 16.4 Å². The topological polar surface area (TPSA) is 88.1 Å². The molecule has 0 saturated carbocycles. The van der Waals surface area contributed by atoms with E-state index in [1.54, 1.807) is 49.4 Å². The van der Waals surface area contributed by atoms with Gasteiger partial charge < -0.3 is 10.1 Å². The van der Waals surface area contributed by atoms with Crippen molar-refractivity contribution in [2.24, 2.45) is 4.99 Å². The highest BCUT2D eigenvalue weighted by atomic mass is 32.2. The van der Waals surface area contributed by atoms with Crippen LogP contribution in [0.5, 0.6) is 0 Å². The van der Waals surface area contributed by atoms with Gasteiger partial charge in [0.2, 0.25) is 11.8 Å². The van der Waals surface area contributed by atoms with Gasteiger partial charge in [-0.05, 0) is 43.3 Å². The van der Waals surface area contributed by atoms with Crippen molar-refractivity contribution in [3.05, 3.63) is 72.6 Å². The average Bonchev–Trinajstić information content (AvgIpc) is 3.05. The van der Waals surface area contributed by atoms with Crippen LogP contribution in [0.15, 0.2) is 66.2 Å². The number of nitrogens with zero attached hydrogens (tertiary/aromatic N) is 2. The van der Waals surface area contributed by atoms with Crippen molar-refractivity contribution in [1.82, 2.24) is 4.90 Å². The van der Waals surface area contributed by atoms with Gasteiger partial charge in [-0.15, -0.1) is 6.58 Å². The summed E-state index contributed by atoms with van der Waals surface area (Å²) >= 11 is 1.11. The Bertz CT molecular complexity index is 1060. The predicted octanol–water partition coefficient (Wildman–Crippen LogP) is 4.15. The molecule has 0 bridgehead atoms. The number of carbonyl (C=O) groups is 3. The lowest BCUT2D eigenvalue weighted by Crippen LogP contribution is -2.33. The molecule has 166 valence electrons. The highest BCUT2D eigenvalue weighted by Crippen LogP contribution is 2.32. The molecule has 0 aromatic heterocycles. The van der Waals surface area contributed by atoms with Crippen LogP contribution in [-0.4, -0.2) is 46.3 Å². The number of aliphatic imine (C=N–C) groups is 1. The fraction of sp³-hybridized carbons (Fsp3) is 0.217. The van der Waals surface area contributed by atoms with Crippen molar-refractivity contribution >= 4 is 46.1 Å². The third-order valence-electron chi connectivity index (χ3n) is 4.45. The van der Waals surface area contributed by atoms with E-state index in [1.807, 2.05) is 0 Å². The molecule has 1 heterocycles. The third kappa shape index (κ3) is 5.61. The number of para-hydroxylation sites is 1. The molecule has 2 amide bonds. The van der Waals surface area contributed by atoms with Gasteiger partial charge in [-0.2, -0.15) is 0 Å². The molecular formula is C23H22FN3O4S. The Kier molecular flexibility index (Phi) is 7.77. The van der Waals surface area contributed by atoms with Crippen LogP contribution in [0.4, 0.5) is 15.8 Å². The first-order valence-electron chi connectivity index (χ1n) is 9.92. The molecular weight excluding hydrogens is 433 g/mol. The van der Waals surface area contributed by atoms with Crippen LogP contribution in [0.25, 0.3) is 0 Å². The number of rotatable bonds is 8. The van der Waals surface area contributed by atoms with Gasteiger partial charge in [0.25, 0.3) is 0 Å². The summed E-state index contributed by atoms with van der Waals surface area (Å²) in [5.41, 5.74) is 0.978. The quantitative estimate of drug-likeness (QED) is 0.477. The summed E-state index contributed by atoms with van der Waals surface area (Å²) in [6.07, 6.45) is 1.45. The van der Waals surface area contributed by atoms with Crippen LogP contribution in [0.3, 0.4) is 0 Å². The van der Waals surface area contributed by atoms with Crippen LogP contribution < -0.4 is 5.32 Å². The van der Waals surface area contributed by atoms with Crippen LogP contribution in [-0.2, 0) is 14.3 Å². The molecule has 2 aromatic rings. The number of nitrogens with one attached hydrogen (secondary N) is 1. The van der Waals surface area contributed by atoms with E-state index in [9.17, 15) is 18.8 Å². The first-order chi connectivity index (χ1) is 15.4. The minimum absolute atomic E-state index is 0.0902. The maximum Gasteiger partial charge on any atom is 0.338 e. The summed E-state index contributed by atoms with van der Waals surface area (Å²) < 4.78 is 18.9. The molecule has 0 aliphatic carbocycles. The molecule has 9 heteroatoms. The number of halogens is 1. The summed E-state index contributed by atoms with van der Waals surface area (Å²) in [5, 5.41) is 2.33. The second kappa shape index (κ2) is 10.7. The van der Waals surface area contributed by atoms with E-state index in [1.165, 1.54) is 17.0 Å². The van der Waals surface area contributed by atoms with E-state index in [2.05, 4.69) is 16.9 Å². The summed E-state index contributed by atoms with van der Waals surface area (Å²) in [5.74, 6) is -1.61. The number of carbonyl (C=O) groups excluding carboxylic acids is 3. The Labute approximate surface area is 189 Å². The number of thioether (sulfide) groups is 1. The van der Waals surface area contributed by atoms with E-state index >= 15 is 0 Å². The number of hydrogen-bond donors (Lipinski definition) is 1. The lowest BCUT2D eigenvalue weighted by molar-refractivity contribution is -0.127. The maximum absolute atomic E-state index is 14.0. The van der Waals surface area contributed by atoms with Gasteiger partial charge in [0.15, 0.2) is 5.17 Å². The van der Waals surface area contributed by atoms with Crippen molar-refractivity contribution < 1.29 is 23.5 Å². The number of amidine groups is 1. The van der Waals surface area contributed by atoms with Gasteiger partial charge in [-0.1, -0.05) is 30.0 Å². The smallest absolute Gasteiger partial charge is 0.338 e. The van der Waals surface area contributed by atoms with Gasteiger partial charge in [-0.3, -0.25) is 14.5 Å². The predicted molar refractivity (Wildman–Crippen MR) is 122 cm³/mol. The van der Waals surface area contributed by atoms with Gasteiger partial charge in [0.1, 0.15) is 16.8 Å². The van der Waals surface area contributed by atoms with E-state index in [-0.39, 0.29) is 37.1 Å². The largest absolute Gasteiger partial charge is 0.462 e. The first-order valence-corrected chi connectivity index (χ1v) is 10.8. The first kappa shape index (κ1) is 23.2. The molecule has 2 aromatic carbocycles. The Morgan fingerprint density at radius 2 is 1.97 bits per heavy atom. The van der Waals surface area contributed by atoms with Crippen LogP contribution >= 0.6 is 11.8 Å². The summed E-state index contributed by atoms with van der Waals surface area (Å²) in [4.78, 5) is 42.7. The number of ether oxygens (including phenoxy) is 1. The molecule has 1 fully saturated rings. The zero-order valence-electron chi connectivity index (χ0n) is 17.4. The fourth-order valence-electron chi connectivity index (χ4n) is 2.95. The molecule has 1 saturated heterocycles. The van der Waals surface area contributed by atoms with Crippen molar-refractivity contribution in [2.75, 3.05) is 18.5 Å². The molecule has 1 atom stereocenters. The minimum Gasteiger partial charge on any atom is -0.462 e. The maximum atomic E-state index is 14.0. The number of benzene rings is 2. The van der Waals surface area contributed by atoms with Gasteiger partial charge in [-0.25, -0.2) is 14.2 Å². The van der Waals surface area contributed by atoms with Crippen molar-refractivity contribution in [1.29, 1.82) is 0 Å². The summed E-state index contributed by atoms with van der Waals surface area (Å²) in [6.45, 7) is 5.84. The molecule has 1 N–H and O–H groups in total. The van der Waals surface area contributed by atoms with Crippen LogP contribution in [0.2, 0.25) is 0 Å². The Hall–Kier alpha value is -3.46. The lowest BCUT2D eigenvalue weighted by Gasteiger charge is -2.14. The minimum atomic E-state index is -0.695. The second-order valence-corrected chi connectivity index (χ2v) is 7.91. The average molecular weight is 456 g/mol. The van der Waals surface area contributed by atoms with Crippen molar-refractivity contribution in [2.45, 2.75) is 18.6 Å². The molecule has 1 aliphatic heterocycles. The number of amides is 2. The van der Waals surface area contributed by atoms with Crippen molar-refractivity contribution in [3.63, 3.8) is 0 Å². The summed E-state index contributed by atoms with van der Waals surface area (Å²) in [6, 6.07) is 12.3. The molecule has 32 heavy (non-hydrogen) atoms. The van der Waals surface area contributed by atoms with Gasteiger partial charge >= 0.3 is 5.97 Å². The van der Waals surface area contributed by atoms with E-state index in [4.69, 9.17) is 4.74 Å². The fourth-order valence-corrected chi connectivity index (χ4v) is 4.11. The Morgan fingerprint density at radius 3 is 2.62 bits per heavy atom. The van der Waals surface area contributed by atoms with Crippen molar-refractivity contribution in [3.8, 4) is 0 Å². The lowest BCUT2D eigenvalue weighted by atomic mass is 10.2. The van der Waals surface area contributed by atoms with Gasteiger partial charge in [0.05, 0.1) is 12.2 Å². The second-order valence-electron chi connectivity index (χ2n) is 6.74. The third-order valence-corrected chi connectivity index (χ3v) is 5.63. The molecule has 7 nitrogen and oxygen atoms in total. The SMILES string of the molecule is C=CCN1C(=O)[C@@H](CC(=O)Nc2ccc(C(=O)OCC)cc2)SC1=Nc1ccccc1F. The Balaban J connectivity index is 1.68. The standard InChI is InChI=1S/C23H22FN3O4S/c1-3-13-27-21(29)19(32-23(27)26-18-8-6-5-7-17(18)24)14-20(28)25-16-11-9-15(10-12-16)22(30)31-4-2/h3,5-12,19H,1,4,13-14H2,2H3,(H,25,28)/t19-/m1/s1. The molecule has 0 spiro atoms. The molecule has 0 unspecified atom stereocenters. The van der Waals surface area contributed by atoms with Gasteiger partial charge in [0, 0.05) is 18.7 Å². The van der Waals surface area contributed by atoms with Crippen LogP contribution in [0.1, 0.15) is 23.7 Å².